The summed E-state index contributed by atoms with van der Waals surface area (Å²) >= 11 is 0. The van der Waals surface area contributed by atoms with Crippen LogP contribution in [0, 0.1) is 11.3 Å². The van der Waals surface area contributed by atoms with Crippen molar-refractivity contribution in [1.29, 1.82) is 5.26 Å². The Balaban J connectivity index is 2.85. The molecule has 0 aliphatic rings. The van der Waals surface area contributed by atoms with Crippen LogP contribution in [0.25, 0.3) is 0 Å². The second-order valence-electron chi connectivity index (χ2n) is 1.20. The van der Waals surface area contributed by atoms with E-state index >= 15 is 0 Å². The van der Waals surface area contributed by atoms with Crippen molar-refractivity contribution < 1.29 is 0 Å². The molecule has 0 atom stereocenters. The molecule has 0 aromatic rings. The molecule has 44 valence electrons. The average molecular weight is 111 g/mol. The second kappa shape index (κ2) is 5.96. The van der Waals surface area contributed by atoms with Crippen LogP contribution in [0.5, 0.6) is 0 Å². The molecule has 0 unspecified atom stereocenters. The molecule has 0 aromatic carbocycles. The van der Waals surface area contributed by atoms with E-state index in [1.807, 2.05) is 13.0 Å². The summed E-state index contributed by atoms with van der Waals surface area (Å²) in [5.41, 5.74) is 2.68. The Kier molecular flexibility index (Phi) is 5.19. The zero-order valence-corrected chi connectivity index (χ0v) is 4.89. The van der Waals surface area contributed by atoms with Gasteiger partial charge in [-0.15, -0.1) is 0 Å². The van der Waals surface area contributed by atoms with Gasteiger partial charge < -0.3 is 5.43 Å². The van der Waals surface area contributed by atoms with Crippen molar-refractivity contribution in [2.24, 2.45) is 5.10 Å². The predicted molar refractivity (Wildman–Crippen MR) is 32.4 cm³/mol. The average Bonchev–Trinajstić information content (AvgIpc) is 1.81. The Labute approximate surface area is 49.0 Å². The molecular formula is C5H9N3. The van der Waals surface area contributed by atoms with Gasteiger partial charge in [0.1, 0.15) is 0 Å². The van der Waals surface area contributed by atoms with Crippen molar-refractivity contribution >= 4 is 6.21 Å². The van der Waals surface area contributed by atoms with Gasteiger partial charge in [-0.2, -0.15) is 10.4 Å². The smallest absolute Gasteiger partial charge is 0.0640 e. The first-order valence-corrected chi connectivity index (χ1v) is 2.49. The van der Waals surface area contributed by atoms with Crippen LogP contribution in [0.4, 0.5) is 0 Å². The molecule has 8 heavy (non-hydrogen) atoms. The highest BCUT2D eigenvalue weighted by molar-refractivity contribution is 5.52. The van der Waals surface area contributed by atoms with Gasteiger partial charge in [0.15, 0.2) is 0 Å². The number of nitrogens with zero attached hydrogens (tertiary/aromatic N) is 2. The molecule has 0 spiro atoms. The van der Waals surface area contributed by atoms with E-state index in [1.54, 1.807) is 6.21 Å². The normalized spacial score (nSPS) is 9.00. The lowest BCUT2D eigenvalue weighted by Gasteiger charge is -1.89. The molecule has 0 aliphatic heterocycles. The van der Waals surface area contributed by atoms with Gasteiger partial charge >= 0.3 is 0 Å². The maximum Gasteiger partial charge on any atom is 0.0640 e. The van der Waals surface area contributed by atoms with Gasteiger partial charge in [-0.3, -0.25) is 0 Å². The fourth-order valence-corrected chi connectivity index (χ4v) is 0.268. The monoisotopic (exact) mass is 111 g/mol. The van der Waals surface area contributed by atoms with Crippen molar-refractivity contribution in [3.63, 3.8) is 0 Å². The molecule has 0 saturated carbocycles. The SMILES string of the molecule is CC=NNCCC#N. The molecule has 0 radical (unpaired) electrons. The summed E-state index contributed by atoms with van der Waals surface area (Å²) in [4.78, 5) is 0. The molecule has 0 heterocycles. The van der Waals surface area contributed by atoms with Crippen molar-refractivity contribution in [3.8, 4) is 6.07 Å². The molecule has 0 saturated heterocycles. The van der Waals surface area contributed by atoms with E-state index < -0.39 is 0 Å². The van der Waals surface area contributed by atoms with Crippen molar-refractivity contribution in [2.45, 2.75) is 13.3 Å². The second-order valence-corrected chi connectivity index (χ2v) is 1.20. The highest BCUT2D eigenvalue weighted by Gasteiger charge is 1.75. The van der Waals surface area contributed by atoms with Gasteiger partial charge in [0, 0.05) is 12.8 Å². The topological polar surface area (TPSA) is 48.2 Å². The molecule has 3 heteroatoms. The van der Waals surface area contributed by atoms with Gasteiger partial charge in [-0.1, -0.05) is 0 Å². The summed E-state index contributed by atoms with van der Waals surface area (Å²) in [6.45, 7) is 2.46. The van der Waals surface area contributed by atoms with Gasteiger partial charge in [-0.25, -0.2) is 0 Å². The molecule has 0 aliphatic carbocycles. The Morgan fingerprint density at radius 3 is 3.12 bits per heavy atom. The molecule has 1 N–H and O–H groups in total. The van der Waals surface area contributed by atoms with E-state index in [0.29, 0.717) is 13.0 Å². The minimum Gasteiger partial charge on any atom is -0.309 e. The first-order valence-electron chi connectivity index (χ1n) is 2.49. The van der Waals surface area contributed by atoms with Gasteiger partial charge in [0.05, 0.1) is 12.5 Å². The predicted octanol–water partition coefficient (Wildman–Crippen LogP) is 0.495. The van der Waals surface area contributed by atoms with E-state index in [0.717, 1.165) is 0 Å². The third kappa shape index (κ3) is 4.96. The van der Waals surface area contributed by atoms with Crippen molar-refractivity contribution in [2.75, 3.05) is 6.54 Å². The van der Waals surface area contributed by atoms with E-state index in [1.165, 1.54) is 0 Å². The Morgan fingerprint density at radius 2 is 2.62 bits per heavy atom. The first-order chi connectivity index (χ1) is 3.91. The molecule has 0 fully saturated rings. The maximum absolute atomic E-state index is 8.02. The molecule has 0 rings (SSSR count). The molecule has 0 amide bonds. The summed E-state index contributed by atoms with van der Waals surface area (Å²) in [7, 11) is 0. The highest BCUT2D eigenvalue weighted by atomic mass is 15.3. The standard InChI is InChI=1S/C5H9N3/c1-2-7-8-5-3-4-6/h2,8H,3,5H2,1H3. The summed E-state index contributed by atoms with van der Waals surface area (Å²) in [5, 5.41) is 11.7. The zero-order valence-electron chi connectivity index (χ0n) is 4.89. The van der Waals surface area contributed by atoms with Crippen LogP contribution in [0.3, 0.4) is 0 Å². The third-order valence-corrected chi connectivity index (χ3v) is 0.569. The third-order valence-electron chi connectivity index (χ3n) is 0.569. The van der Waals surface area contributed by atoms with E-state index in [9.17, 15) is 0 Å². The van der Waals surface area contributed by atoms with Gasteiger partial charge in [-0.05, 0) is 6.92 Å². The van der Waals surface area contributed by atoms with Crippen molar-refractivity contribution in [1.82, 2.24) is 5.43 Å². The zero-order chi connectivity index (χ0) is 6.24. The van der Waals surface area contributed by atoms with Crippen LogP contribution in [0.15, 0.2) is 5.10 Å². The number of nitrogens with one attached hydrogen (secondary N) is 1. The quantitative estimate of drug-likeness (QED) is 0.327. The van der Waals surface area contributed by atoms with Crippen LogP contribution >= 0.6 is 0 Å². The summed E-state index contributed by atoms with van der Waals surface area (Å²) < 4.78 is 0. The number of hydrogen-bond donors (Lipinski definition) is 1. The van der Waals surface area contributed by atoms with Crippen LogP contribution in [-0.4, -0.2) is 12.8 Å². The highest BCUT2D eigenvalue weighted by Crippen LogP contribution is 1.67. The van der Waals surface area contributed by atoms with E-state index in [4.69, 9.17) is 5.26 Å². The number of hydrogen-bond acceptors (Lipinski definition) is 3. The molecule has 0 bridgehead atoms. The maximum atomic E-state index is 8.02. The number of nitriles is 1. The first kappa shape index (κ1) is 6.96. The summed E-state index contributed by atoms with van der Waals surface area (Å²) in [6.07, 6.45) is 2.16. The van der Waals surface area contributed by atoms with Gasteiger partial charge in [0.25, 0.3) is 0 Å². The number of rotatable bonds is 3. The lowest BCUT2D eigenvalue weighted by Crippen LogP contribution is -2.05. The summed E-state index contributed by atoms with van der Waals surface area (Å²) in [6, 6.07) is 1.99. The minimum absolute atomic E-state index is 0.511. The molecule has 0 aromatic heterocycles. The molecule has 3 nitrogen and oxygen atoms in total. The molecular weight excluding hydrogens is 102 g/mol. The van der Waals surface area contributed by atoms with Crippen LogP contribution in [-0.2, 0) is 0 Å². The Morgan fingerprint density at radius 1 is 1.88 bits per heavy atom. The van der Waals surface area contributed by atoms with E-state index in [2.05, 4.69) is 10.5 Å². The van der Waals surface area contributed by atoms with E-state index in [-0.39, 0.29) is 0 Å². The van der Waals surface area contributed by atoms with Crippen LogP contribution in [0.2, 0.25) is 0 Å². The largest absolute Gasteiger partial charge is 0.309 e. The fourth-order valence-electron chi connectivity index (χ4n) is 0.268. The Hall–Kier alpha value is -1.04. The van der Waals surface area contributed by atoms with Crippen molar-refractivity contribution in [3.05, 3.63) is 0 Å². The van der Waals surface area contributed by atoms with Crippen LogP contribution < -0.4 is 5.43 Å². The summed E-state index contributed by atoms with van der Waals surface area (Å²) in [5.74, 6) is 0. The van der Waals surface area contributed by atoms with Gasteiger partial charge in [0.2, 0.25) is 0 Å². The lowest BCUT2D eigenvalue weighted by atomic mass is 10.5. The minimum atomic E-state index is 0.511. The fraction of sp³-hybridized carbons (Fsp3) is 0.600. The Bertz CT molecular complexity index is 101. The number of hydrazone groups is 1. The van der Waals surface area contributed by atoms with Crippen LogP contribution in [0.1, 0.15) is 13.3 Å². The lowest BCUT2D eigenvalue weighted by molar-refractivity contribution is 0.750.